The fraction of sp³-hybridized carbons (Fsp3) is 0.143. The molecule has 4 aromatic rings. The van der Waals surface area contributed by atoms with Gasteiger partial charge in [0.25, 0.3) is 5.56 Å². The highest BCUT2D eigenvalue weighted by Gasteiger charge is 2.17. The number of benzene rings is 2. The van der Waals surface area contributed by atoms with Crippen LogP contribution in [0.5, 0.6) is 0 Å². The number of aromatic nitrogens is 3. The third-order valence-electron chi connectivity index (χ3n) is 4.94. The van der Waals surface area contributed by atoms with E-state index in [1.807, 2.05) is 42.8 Å². The summed E-state index contributed by atoms with van der Waals surface area (Å²) in [5, 5.41) is 5.60. The Morgan fingerprint density at radius 1 is 1.24 bits per heavy atom. The lowest BCUT2D eigenvalue weighted by Gasteiger charge is -2.11. The number of hydrogen-bond acceptors (Lipinski definition) is 4. The van der Waals surface area contributed by atoms with Crippen LogP contribution in [0.25, 0.3) is 27.9 Å². The molecule has 0 radical (unpaired) electrons. The average molecular weight is 428 g/mol. The maximum absolute atomic E-state index is 12.9. The van der Waals surface area contributed by atoms with Crippen molar-refractivity contribution in [3.63, 3.8) is 0 Å². The molecule has 4 rings (SSSR count). The second kappa shape index (κ2) is 7.55. The summed E-state index contributed by atoms with van der Waals surface area (Å²) in [6.07, 6.45) is 3.64. The largest absolute Gasteiger partial charge is 0.327 e. The van der Waals surface area contributed by atoms with Crippen molar-refractivity contribution in [3.8, 4) is 0 Å². The molecule has 0 atom stereocenters. The van der Waals surface area contributed by atoms with E-state index < -0.39 is 0 Å². The van der Waals surface area contributed by atoms with Crippen LogP contribution in [0.15, 0.2) is 41.2 Å². The topological polar surface area (TPSA) is 88.7 Å². The lowest BCUT2D eigenvalue weighted by Crippen LogP contribution is -2.11. The van der Waals surface area contributed by atoms with Crippen molar-refractivity contribution in [1.82, 2.24) is 14.5 Å². The fourth-order valence-corrected chi connectivity index (χ4v) is 3.96. The van der Waals surface area contributed by atoms with E-state index in [0.717, 1.165) is 22.2 Å². The highest BCUT2D eigenvalue weighted by atomic mass is 35.5. The highest BCUT2D eigenvalue weighted by Crippen LogP contribution is 2.34. The summed E-state index contributed by atoms with van der Waals surface area (Å²) >= 11 is 12.6. The van der Waals surface area contributed by atoms with Crippen LogP contribution in [0.4, 0.5) is 11.6 Å². The number of hydrogen-bond donors (Lipinski definition) is 3. The van der Waals surface area contributed by atoms with Gasteiger partial charge in [-0.05, 0) is 42.1 Å². The summed E-state index contributed by atoms with van der Waals surface area (Å²) in [4.78, 5) is 20.5. The molecule has 0 fully saturated rings. The van der Waals surface area contributed by atoms with E-state index in [1.54, 1.807) is 18.2 Å². The lowest BCUT2D eigenvalue weighted by atomic mass is 10.0. The molecule has 4 N–H and O–H groups in total. The molecule has 29 heavy (non-hydrogen) atoms. The summed E-state index contributed by atoms with van der Waals surface area (Å²) in [5.74, 6) is 0.534. The van der Waals surface area contributed by atoms with Crippen molar-refractivity contribution in [2.45, 2.75) is 6.92 Å². The van der Waals surface area contributed by atoms with Crippen molar-refractivity contribution in [2.24, 2.45) is 12.8 Å². The molecule has 0 saturated heterocycles. The van der Waals surface area contributed by atoms with Crippen molar-refractivity contribution in [1.29, 1.82) is 0 Å². The second-order valence-electron chi connectivity index (χ2n) is 6.70. The summed E-state index contributed by atoms with van der Waals surface area (Å²) in [5.41, 5.74) is 9.07. The van der Waals surface area contributed by atoms with Crippen LogP contribution in [-0.2, 0) is 7.05 Å². The van der Waals surface area contributed by atoms with Crippen LogP contribution in [0.3, 0.4) is 0 Å². The van der Waals surface area contributed by atoms with Gasteiger partial charge in [0.1, 0.15) is 0 Å². The Hall–Kier alpha value is -2.80. The molecule has 0 amide bonds. The molecule has 0 spiro atoms. The minimum Gasteiger partial charge on any atom is -0.327 e. The first-order valence-corrected chi connectivity index (χ1v) is 9.77. The molecule has 6 nitrogen and oxygen atoms in total. The maximum atomic E-state index is 12.9. The third-order valence-corrected chi connectivity index (χ3v) is 5.57. The summed E-state index contributed by atoms with van der Waals surface area (Å²) in [6, 6.07) is 9.09. The number of fused-ring (bicyclic) bond motifs is 3. The van der Waals surface area contributed by atoms with E-state index in [0.29, 0.717) is 39.1 Å². The summed E-state index contributed by atoms with van der Waals surface area (Å²) in [7, 11) is 1.85. The predicted octanol–water partition coefficient (Wildman–Crippen LogP) is 4.75. The molecule has 148 valence electrons. The van der Waals surface area contributed by atoms with Gasteiger partial charge in [-0.1, -0.05) is 41.4 Å². The number of para-hydroxylation sites is 1. The Morgan fingerprint density at radius 3 is 2.66 bits per heavy atom. The number of nitrogens with two attached hydrogens (primary N) is 1. The van der Waals surface area contributed by atoms with Gasteiger partial charge in [0.2, 0.25) is 5.95 Å². The second-order valence-corrected chi connectivity index (χ2v) is 7.52. The normalized spacial score (nSPS) is 11.8. The van der Waals surface area contributed by atoms with Crippen LogP contribution in [0.1, 0.15) is 11.3 Å². The molecule has 0 saturated carbocycles. The standard InChI is InChI=1S/C21H19Cl2N5O/c1-11-12-8-9-16-19(17(12)20(29)25-15(11)7-4-10-24)28(2)21(26-16)27-18-13(22)5-3-6-14(18)23/h3-9H,10,24H2,1-2H3,(H,25,29)(H,26,27). The van der Waals surface area contributed by atoms with Crippen LogP contribution < -0.4 is 16.6 Å². The summed E-state index contributed by atoms with van der Waals surface area (Å²) in [6.45, 7) is 2.37. The molecule has 0 aliphatic carbocycles. The van der Waals surface area contributed by atoms with E-state index >= 15 is 0 Å². The van der Waals surface area contributed by atoms with Crippen LogP contribution in [-0.4, -0.2) is 21.1 Å². The van der Waals surface area contributed by atoms with Gasteiger partial charge >= 0.3 is 0 Å². The fourth-order valence-electron chi connectivity index (χ4n) is 3.46. The van der Waals surface area contributed by atoms with Gasteiger partial charge in [0.05, 0.1) is 32.2 Å². The Bertz CT molecular complexity index is 1320. The van der Waals surface area contributed by atoms with E-state index in [4.69, 9.17) is 28.9 Å². The van der Waals surface area contributed by atoms with Gasteiger partial charge in [-0.15, -0.1) is 0 Å². The maximum Gasteiger partial charge on any atom is 0.258 e. The molecule has 2 aromatic heterocycles. The van der Waals surface area contributed by atoms with Crippen molar-refractivity contribution < 1.29 is 0 Å². The number of nitrogens with one attached hydrogen (secondary N) is 2. The van der Waals surface area contributed by atoms with E-state index in [-0.39, 0.29) is 5.56 Å². The molecular weight excluding hydrogens is 409 g/mol. The van der Waals surface area contributed by atoms with Gasteiger partial charge in [0.15, 0.2) is 0 Å². The zero-order valence-corrected chi connectivity index (χ0v) is 17.4. The third kappa shape index (κ3) is 3.29. The van der Waals surface area contributed by atoms with Crippen LogP contribution in [0.2, 0.25) is 10.0 Å². The van der Waals surface area contributed by atoms with Gasteiger partial charge in [-0.3, -0.25) is 4.79 Å². The number of halogens is 2. The minimum absolute atomic E-state index is 0.182. The van der Waals surface area contributed by atoms with Gasteiger partial charge in [0, 0.05) is 19.3 Å². The van der Waals surface area contributed by atoms with Crippen LogP contribution in [0, 0.1) is 6.92 Å². The monoisotopic (exact) mass is 427 g/mol. The van der Waals surface area contributed by atoms with Crippen LogP contribution >= 0.6 is 23.2 Å². The molecule has 0 aliphatic heterocycles. The zero-order valence-electron chi connectivity index (χ0n) is 15.9. The number of imidazole rings is 1. The Kier molecular flexibility index (Phi) is 5.08. The number of pyridine rings is 1. The number of nitrogens with zero attached hydrogens (tertiary/aromatic N) is 2. The van der Waals surface area contributed by atoms with Gasteiger partial charge in [-0.2, -0.15) is 0 Å². The molecule has 2 heterocycles. The quantitative estimate of drug-likeness (QED) is 0.438. The average Bonchev–Trinajstić information content (AvgIpc) is 3.02. The molecule has 0 aliphatic rings. The number of H-pyrrole nitrogens is 1. The highest BCUT2D eigenvalue weighted by molar-refractivity contribution is 6.39. The number of aromatic amines is 1. The lowest BCUT2D eigenvalue weighted by molar-refractivity contribution is 0.960. The number of aryl methyl sites for hydroxylation is 2. The predicted molar refractivity (Wildman–Crippen MR) is 121 cm³/mol. The smallest absolute Gasteiger partial charge is 0.258 e. The first kappa shape index (κ1) is 19.5. The number of rotatable bonds is 4. The summed E-state index contributed by atoms with van der Waals surface area (Å²) < 4.78 is 1.83. The van der Waals surface area contributed by atoms with E-state index in [1.165, 1.54) is 0 Å². The molecular formula is C21H19Cl2N5O. The molecule has 2 aromatic carbocycles. The molecule has 8 heteroatoms. The van der Waals surface area contributed by atoms with Crippen molar-refractivity contribution in [2.75, 3.05) is 11.9 Å². The Morgan fingerprint density at radius 2 is 1.97 bits per heavy atom. The zero-order chi connectivity index (χ0) is 20.7. The van der Waals surface area contributed by atoms with Gasteiger partial charge < -0.3 is 20.6 Å². The van der Waals surface area contributed by atoms with Crippen molar-refractivity contribution in [3.05, 3.63) is 68.1 Å². The number of anilines is 2. The molecule has 0 unspecified atom stereocenters. The van der Waals surface area contributed by atoms with Gasteiger partial charge in [-0.25, -0.2) is 4.98 Å². The van der Waals surface area contributed by atoms with E-state index in [2.05, 4.69) is 15.3 Å². The molecule has 0 bridgehead atoms. The Balaban J connectivity index is 1.95. The van der Waals surface area contributed by atoms with Crippen molar-refractivity contribution >= 4 is 62.7 Å². The first-order valence-electron chi connectivity index (χ1n) is 9.02. The Labute approximate surface area is 177 Å². The SMILES string of the molecule is Cc1c(C=CCN)[nH]c(=O)c2c1ccc1nc(Nc3c(Cl)cccc3Cl)n(C)c12. The van der Waals surface area contributed by atoms with E-state index in [9.17, 15) is 4.79 Å². The first-order chi connectivity index (χ1) is 13.9. The minimum atomic E-state index is -0.182.